The van der Waals surface area contributed by atoms with E-state index in [1.54, 1.807) is 13.2 Å². The van der Waals surface area contributed by atoms with E-state index in [1.807, 2.05) is 30.3 Å². The molecular weight excluding hydrogens is 330 g/mol. The number of nitrogens with two attached hydrogens (primary N) is 1. The Kier molecular flexibility index (Phi) is 4.69. The smallest absolute Gasteiger partial charge is 0.141 e. The first-order chi connectivity index (χ1) is 9.13. The van der Waals surface area contributed by atoms with Gasteiger partial charge >= 0.3 is 0 Å². The summed E-state index contributed by atoms with van der Waals surface area (Å²) in [6.45, 7) is 0.408. The summed E-state index contributed by atoms with van der Waals surface area (Å²) in [5, 5.41) is 0.602. The molecule has 0 aromatic heterocycles. The molecule has 3 nitrogen and oxygen atoms in total. The van der Waals surface area contributed by atoms with Gasteiger partial charge in [-0.2, -0.15) is 0 Å². The van der Waals surface area contributed by atoms with E-state index in [1.165, 1.54) is 0 Å². The standard InChI is InChI=1S/C14H13BrClNO2/c1-18-10-4-5-14(12(15)6-10)19-11-3-2-9(8-17)13(16)7-11/h2-7H,8,17H2,1H3. The average Bonchev–Trinajstić information content (AvgIpc) is 2.41. The minimum absolute atomic E-state index is 0.408. The summed E-state index contributed by atoms with van der Waals surface area (Å²) >= 11 is 9.53. The van der Waals surface area contributed by atoms with Gasteiger partial charge in [0.1, 0.15) is 17.2 Å². The Morgan fingerprint density at radius 3 is 2.47 bits per heavy atom. The first-order valence-corrected chi connectivity index (χ1v) is 6.81. The van der Waals surface area contributed by atoms with Crippen LogP contribution in [0.5, 0.6) is 17.2 Å². The summed E-state index contributed by atoms with van der Waals surface area (Å²) in [7, 11) is 1.62. The Morgan fingerprint density at radius 2 is 1.89 bits per heavy atom. The Morgan fingerprint density at radius 1 is 1.16 bits per heavy atom. The zero-order valence-corrected chi connectivity index (χ0v) is 12.7. The highest BCUT2D eigenvalue weighted by molar-refractivity contribution is 9.10. The van der Waals surface area contributed by atoms with Crippen LogP contribution >= 0.6 is 27.5 Å². The highest BCUT2D eigenvalue weighted by Gasteiger charge is 2.06. The maximum atomic E-state index is 6.09. The lowest BCUT2D eigenvalue weighted by Gasteiger charge is -2.10. The van der Waals surface area contributed by atoms with Crippen LogP contribution < -0.4 is 15.2 Å². The molecule has 0 aliphatic rings. The lowest BCUT2D eigenvalue weighted by atomic mass is 10.2. The minimum atomic E-state index is 0.408. The second-order valence-corrected chi connectivity index (χ2v) is 5.12. The normalized spacial score (nSPS) is 10.3. The van der Waals surface area contributed by atoms with Gasteiger partial charge in [0.25, 0.3) is 0 Å². The summed E-state index contributed by atoms with van der Waals surface area (Å²) in [5.41, 5.74) is 6.45. The molecule has 0 amide bonds. The molecule has 0 aliphatic carbocycles. The van der Waals surface area contributed by atoms with E-state index in [2.05, 4.69) is 15.9 Å². The summed E-state index contributed by atoms with van der Waals surface area (Å²) < 4.78 is 11.7. The number of hydrogen-bond donors (Lipinski definition) is 1. The number of hydrogen-bond acceptors (Lipinski definition) is 3. The second-order valence-electron chi connectivity index (χ2n) is 3.86. The zero-order chi connectivity index (χ0) is 13.8. The van der Waals surface area contributed by atoms with E-state index in [9.17, 15) is 0 Å². The maximum absolute atomic E-state index is 6.09. The van der Waals surface area contributed by atoms with Crippen molar-refractivity contribution in [2.45, 2.75) is 6.54 Å². The summed E-state index contributed by atoms with van der Waals surface area (Å²) in [5.74, 6) is 2.11. The third-order valence-electron chi connectivity index (χ3n) is 2.61. The van der Waals surface area contributed by atoms with Crippen LogP contribution in [0.2, 0.25) is 5.02 Å². The van der Waals surface area contributed by atoms with E-state index in [0.717, 1.165) is 15.8 Å². The molecule has 0 saturated heterocycles. The fourth-order valence-electron chi connectivity index (χ4n) is 1.58. The molecule has 2 N–H and O–H groups in total. The molecule has 19 heavy (non-hydrogen) atoms. The number of rotatable bonds is 4. The van der Waals surface area contributed by atoms with Crippen molar-refractivity contribution in [1.82, 2.24) is 0 Å². The summed E-state index contributed by atoms with van der Waals surface area (Å²) in [6, 6.07) is 10.9. The minimum Gasteiger partial charge on any atom is -0.497 e. The highest BCUT2D eigenvalue weighted by atomic mass is 79.9. The van der Waals surface area contributed by atoms with Crippen molar-refractivity contribution in [3.05, 3.63) is 51.5 Å². The van der Waals surface area contributed by atoms with E-state index >= 15 is 0 Å². The fourth-order valence-corrected chi connectivity index (χ4v) is 2.26. The Balaban J connectivity index is 2.23. The van der Waals surface area contributed by atoms with Gasteiger partial charge in [-0.25, -0.2) is 0 Å². The van der Waals surface area contributed by atoms with Crippen molar-refractivity contribution >= 4 is 27.5 Å². The van der Waals surface area contributed by atoms with Gasteiger partial charge in [0.2, 0.25) is 0 Å². The summed E-state index contributed by atoms with van der Waals surface area (Å²) in [6.07, 6.45) is 0. The van der Waals surface area contributed by atoms with Gasteiger partial charge in [-0.1, -0.05) is 17.7 Å². The quantitative estimate of drug-likeness (QED) is 0.897. The van der Waals surface area contributed by atoms with Crippen molar-refractivity contribution in [3.8, 4) is 17.2 Å². The Hall–Kier alpha value is -1.23. The van der Waals surface area contributed by atoms with Gasteiger partial charge in [0, 0.05) is 11.6 Å². The van der Waals surface area contributed by atoms with Gasteiger partial charge < -0.3 is 15.2 Å². The zero-order valence-electron chi connectivity index (χ0n) is 10.3. The van der Waals surface area contributed by atoms with Crippen LogP contribution in [0.25, 0.3) is 0 Å². The van der Waals surface area contributed by atoms with E-state index in [0.29, 0.717) is 23.1 Å². The van der Waals surface area contributed by atoms with Crippen molar-refractivity contribution in [2.24, 2.45) is 5.73 Å². The molecule has 2 aromatic rings. The van der Waals surface area contributed by atoms with Gasteiger partial charge in [0.05, 0.1) is 11.6 Å². The number of benzene rings is 2. The molecule has 0 radical (unpaired) electrons. The molecule has 100 valence electrons. The van der Waals surface area contributed by atoms with Crippen molar-refractivity contribution < 1.29 is 9.47 Å². The molecule has 0 aliphatic heterocycles. The molecule has 5 heteroatoms. The molecule has 0 spiro atoms. The summed E-state index contributed by atoms with van der Waals surface area (Å²) in [4.78, 5) is 0. The van der Waals surface area contributed by atoms with E-state index < -0.39 is 0 Å². The molecule has 0 bridgehead atoms. The Labute approximate surface area is 125 Å². The predicted molar refractivity (Wildman–Crippen MR) is 80.1 cm³/mol. The average molecular weight is 343 g/mol. The van der Waals surface area contributed by atoms with Crippen LogP contribution in [0.4, 0.5) is 0 Å². The van der Waals surface area contributed by atoms with Gasteiger partial charge in [-0.15, -0.1) is 0 Å². The van der Waals surface area contributed by atoms with Crippen LogP contribution in [0.3, 0.4) is 0 Å². The fraction of sp³-hybridized carbons (Fsp3) is 0.143. The molecule has 0 fully saturated rings. The van der Waals surface area contributed by atoms with Crippen LogP contribution in [0.1, 0.15) is 5.56 Å². The topological polar surface area (TPSA) is 44.5 Å². The van der Waals surface area contributed by atoms with Crippen molar-refractivity contribution in [3.63, 3.8) is 0 Å². The molecule has 2 aromatic carbocycles. The first kappa shape index (κ1) is 14.2. The third-order valence-corrected chi connectivity index (χ3v) is 3.58. The van der Waals surface area contributed by atoms with Gasteiger partial charge in [-0.05, 0) is 51.8 Å². The molecule has 0 unspecified atom stereocenters. The lowest BCUT2D eigenvalue weighted by Crippen LogP contribution is -1.97. The van der Waals surface area contributed by atoms with Crippen LogP contribution in [0.15, 0.2) is 40.9 Å². The van der Waals surface area contributed by atoms with Gasteiger partial charge in [0.15, 0.2) is 0 Å². The number of methoxy groups -OCH3 is 1. The van der Waals surface area contributed by atoms with Crippen molar-refractivity contribution in [2.75, 3.05) is 7.11 Å². The molecule has 0 atom stereocenters. The Bertz CT molecular complexity index is 590. The molecular formula is C14H13BrClNO2. The molecule has 0 heterocycles. The van der Waals surface area contributed by atoms with Crippen LogP contribution in [0, 0.1) is 0 Å². The first-order valence-electron chi connectivity index (χ1n) is 5.64. The largest absolute Gasteiger partial charge is 0.497 e. The predicted octanol–water partition coefficient (Wildman–Crippen LogP) is 4.36. The van der Waals surface area contributed by atoms with Crippen molar-refractivity contribution in [1.29, 1.82) is 0 Å². The highest BCUT2D eigenvalue weighted by Crippen LogP contribution is 2.33. The SMILES string of the molecule is COc1ccc(Oc2ccc(CN)c(Cl)c2)c(Br)c1. The number of ether oxygens (including phenoxy) is 2. The lowest BCUT2D eigenvalue weighted by molar-refractivity contribution is 0.412. The van der Waals surface area contributed by atoms with E-state index in [4.69, 9.17) is 26.8 Å². The van der Waals surface area contributed by atoms with E-state index in [-0.39, 0.29) is 0 Å². The number of halogens is 2. The monoisotopic (exact) mass is 341 g/mol. The van der Waals surface area contributed by atoms with Gasteiger partial charge in [-0.3, -0.25) is 0 Å². The molecule has 0 saturated carbocycles. The third kappa shape index (κ3) is 3.41. The second kappa shape index (κ2) is 6.28. The maximum Gasteiger partial charge on any atom is 0.141 e. The van der Waals surface area contributed by atoms with Crippen LogP contribution in [-0.2, 0) is 6.54 Å². The molecule has 2 rings (SSSR count). The van der Waals surface area contributed by atoms with Crippen LogP contribution in [-0.4, -0.2) is 7.11 Å².